The highest BCUT2D eigenvalue weighted by molar-refractivity contribution is 7.86. The number of H-pyrrole nitrogens is 1. The molecule has 1 N–H and O–H groups in total. The number of nitrogens with zero attached hydrogens (tertiary/aromatic N) is 3. The summed E-state index contributed by atoms with van der Waals surface area (Å²) >= 11 is 0. The number of ether oxygens (including phenoxy) is 3. The van der Waals surface area contributed by atoms with E-state index in [-0.39, 0.29) is 5.75 Å². The van der Waals surface area contributed by atoms with E-state index >= 15 is 0 Å². The van der Waals surface area contributed by atoms with E-state index in [0.717, 1.165) is 67.4 Å². The zero-order chi connectivity index (χ0) is 25.1. The fraction of sp³-hybridized carbons (Fsp3) is 0.360. The molecule has 1 saturated heterocycles. The van der Waals surface area contributed by atoms with Gasteiger partial charge in [0, 0.05) is 53.8 Å². The molecule has 2 aromatic heterocycles. The summed E-state index contributed by atoms with van der Waals surface area (Å²) in [5.41, 5.74) is 3.00. The van der Waals surface area contributed by atoms with Gasteiger partial charge in [0.1, 0.15) is 12.1 Å². The van der Waals surface area contributed by atoms with Crippen LogP contribution in [-0.2, 0) is 14.9 Å². The Hall–Kier alpha value is -3.41. The third-order valence-corrected chi connectivity index (χ3v) is 6.55. The van der Waals surface area contributed by atoms with Gasteiger partial charge < -0.3 is 23.4 Å². The molecule has 0 atom stereocenters. The molecule has 1 aliphatic rings. The van der Waals surface area contributed by atoms with E-state index in [4.69, 9.17) is 18.4 Å². The summed E-state index contributed by atoms with van der Waals surface area (Å²) in [6.07, 6.45) is 5.24. The van der Waals surface area contributed by atoms with Crippen LogP contribution in [0.1, 0.15) is 6.42 Å². The maximum atomic E-state index is 11.6. The minimum absolute atomic E-state index is 0.231. The number of fused-ring (bicyclic) bond motifs is 2. The van der Waals surface area contributed by atoms with Crippen molar-refractivity contribution in [3.05, 3.63) is 42.9 Å². The SMILES string of the molecule is COc1cc2c(-c3c[nH]c4ccc(OS(C)(=O)=O)cc34)ncnc2cc1OCCCN1CCOCC1. The van der Waals surface area contributed by atoms with Gasteiger partial charge in [0.05, 0.1) is 44.4 Å². The van der Waals surface area contributed by atoms with Crippen LogP contribution in [0.2, 0.25) is 0 Å². The van der Waals surface area contributed by atoms with Gasteiger partial charge in [-0.15, -0.1) is 0 Å². The molecule has 0 saturated carbocycles. The van der Waals surface area contributed by atoms with Crippen LogP contribution < -0.4 is 13.7 Å². The molecular formula is C25H28N4O6S. The summed E-state index contributed by atoms with van der Waals surface area (Å²) in [5, 5.41) is 1.56. The molecule has 1 fully saturated rings. The Kier molecular flexibility index (Phi) is 6.95. The number of hydrogen-bond donors (Lipinski definition) is 1. The quantitative estimate of drug-likeness (QED) is 0.266. The molecule has 190 valence electrons. The first-order valence-corrected chi connectivity index (χ1v) is 13.5. The summed E-state index contributed by atoms with van der Waals surface area (Å²) in [6.45, 7) is 4.98. The van der Waals surface area contributed by atoms with Crippen LogP contribution in [0.5, 0.6) is 17.2 Å². The zero-order valence-electron chi connectivity index (χ0n) is 20.2. The molecule has 0 aliphatic carbocycles. The van der Waals surface area contributed by atoms with Gasteiger partial charge in [0.15, 0.2) is 11.5 Å². The molecule has 3 heterocycles. The van der Waals surface area contributed by atoms with E-state index in [1.807, 2.05) is 18.3 Å². The van der Waals surface area contributed by atoms with Gasteiger partial charge in [0.25, 0.3) is 0 Å². The Labute approximate surface area is 209 Å². The highest BCUT2D eigenvalue weighted by Gasteiger charge is 2.17. The molecule has 0 radical (unpaired) electrons. The second-order valence-electron chi connectivity index (χ2n) is 8.60. The van der Waals surface area contributed by atoms with E-state index < -0.39 is 10.1 Å². The molecular weight excluding hydrogens is 484 g/mol. The van der Waals surface area contributed by atoms with Gasteiger partial charge in [-0.1, -0.05) is 0 Å². The number of aromatic nitrogens is 3. The van der Waals surface area contributed by atoms with Crippen molar-refractivity contribution in [3.63, 3.8) is 0 Å². The first kappa shape index (κ1) is 24.3. The van der Waals surface area contributed by atoms with Crippen LogP contribution in [0.4, 0.5) is 0 Å². The number of benzene rings is 2. The van der Waals surface area contributed by atoms with E-state index in [2.05, 4.69) is 19.9 Å². The minimum Gasteiger partial charge on any atom is -0.493 e. The molecule has 36 heavy (non-hydrogen) atoms. The molecule has 0 unspecified atom stereocenters. The maximum Gasteiger partial charge on any atom is 0.306 e. The maximum absolute atomic E-state index is 11.6. The van der Waals surface area contributed by atoms with Crippen molar-refractivity contribution in [2.75, 3.05) is 52.8 Å². The average molecular weight is 513 g/mol. The smallest absolute Gasteiger partial charge is 0.306 e. The van der Waals surface area contributed by atoms with Crippen LogP contribution in [0.25, 0.3) is 33.1 Å². The standard InChI is InChI=1S/C25H28N4O6S/c1-32-23-13-19-22(14-24(23)34-9-3-6-29-7-10-33-11-8-29)27-16-28-25(19)20-15-26-21-5-4-17(12-18(20)21)35-36(2,30)31/h4-5,12-16,26H,3,6-11H2,1-2H3. The molecule has 0 spiro atoms. The van der Waals surface area contributed by atoms with Gasteiger partial charge >= 0.3 is 10.1 Å². The van der Waals surface area contributed by atoms with Crippen LogP contribution >= 0.6 is 0 Å². The summed E-state index contributed by atoms with van der Waals surface area (Å²) in [5.74, 6) is 1.44. The van der Waals surface area contributed by atoms with Crippen molar-refractivity contribution in [1.29, 1.82) is 0 Å². The molecule has 10 nitrogen and oxygen atoms in total. The van der Waals surface area contributed by atoms with Crippen LogP contribution in [-0.4, -0.2) is 81.1 Å². The van der Waals surface area contributed by atoms with E-state index in [9.17, 15) is 8.42 Å². The topological polar surface area (TPSA) is 116 Å². The van der Waals surface area contributed by atoms with E-state index in [1.54, 1.807) is 25.3 Å². The van der Waals surface area contributed by atoms with Gasteiger partial charge in [-0.05, 0) is 30.7 Å². The predicted molar refractivity (Wildman–Crippen MR) is 136 cm³/mol. The van der Waals surface area contributed by atoms with Crippen molar-refractivity contribution in [3.8, 4) is 28.5 Å². The normalized spacial score (nSPS) is 14.8. The van der Waals surface area contributed by atoms with E-state index in [1.165, 1.54) is 6.33 Å². The molecule has 1 aliphatic heterocycles. The first-order valence-electron chi connectivity index (χ1n) is 11.7. The Morgan fingerprint density at radius 2 is 1.92 bits per heavy atom. The Bertz CT molecular complexity index is 1480. The lowest BCUT2D eigenvalue weighted by Crippen LogP contribution is -2.37. The highest BCUT2D eigenvalue weighted by atomic mass is 32.2. The third-order valence-electron chi connectivity index (χ3n) is 6.06. The number of morpholine rings is 1. The van der Waals surface area contributed by atoms with E-state index in [0.29, 0.717) is 29.3 Å². The second kappa shape index (κ2) is 10.3. The average Bonchev–Trinajstić information content (AvgIpc) is 3.28. The Balaban J connectivity index is 1.43. The lowest BCUT2D eigenvalue weighted by Gasteiger charge is -2.26. The number of nitrogens with one attached hydrogen (secondary N) is 1. The number of aromatic amines is 1. The summed E-state index contributed by atoms with van der Waals surface area (Å²) in [6, 6.07) is 8.79. The predicted octanol–water partition coefficient (Wildman–Crippen LogP) is 3.23. The third kappa shape index (κ3) is 5.38. The van der Waals surface area contributed by atoms with Crippen LogP contribution in [0.3, 0.4) is 0 Å². The molecule has 0 bridgehead atoms. The molecule has 11 heteroatoms. The van der Waals surface area contributed by atoms with Crippen molar-refractivity contribution in [2.24, 2.45) is 0 Å². The second-order valence-corrected chi connectivity index (χ2v) is 10.2. The lowest BCUT2D eigenvalue weighted by molar-refractivity contribution is 0.0357. The molecule has 0 amide bonds. The van der Waals surface area contributed by atoms with Crippen molar-refractivity contribution < 1.29 is 26.8 Å². The Morgan fingerprint density at radius 1 is 1.08 bits per heavy atom. The monoisotopic (exact) mass is 512 g/mol. The lowest BCUT2D eigenvalue weighted by atomic mass is 10.0. The zero-order valence-corrected chi connectivity index (χ0v) is 21.0. The van der Waals surface area contributed by atoms with Crippen molar-refractivity contribution in [2.45, 2.75) is 6.42 Å². The fourth-order valence-corrected chi connectivity index (χ4v) is 4.82. The summed E-state index contributed by atoms with van der Waals surface area (Å²) < 4.78 is 45.4. The van der Waals surface area contributed by atoms with Crippen molar-refractivity contribution >= 4 is 31.9 Å². The number of hydrogen-bond acceptors (Lipinski definition) is 9. The summed E-state index contributed by atoms with van der Waals surface area (Å²) in [7, 11) is -2.04. The van der Waals surface area contributed by atoms with Gasteiger partial charge in [-0.25, -0.2) is 9.97 Å². The molecule has 5 rings (SSSR count). The number of methoxy groups -OCH3 is 1. The molecule has 2 aromatic carbocycles. The highest BCUT2D eigenvalue weighted by Crippen LogP contribution is 2.38. The summed E-state index contributed by atoms with van der Waals surface area (Å²) in [4.78, 5) is 14.6. The number of rotatable bonds is 9. The largest absolute Gasteiger partial charge is 0.493 e. The Morgan fingerprint density at radius 3 is 2.69 bits per heavy atom. The van der Waals surface area contributed by atoms with Gasteiger partial charge in [0.2, 0.25) is 0 Å². The van der Waals surface area contributed by atoms with Crippen LogP contribution in [0.15, 0.2) is 42.9 Å². The molecule has 4 aromatic rings. The van der Waals surface area contributed by atoms with Crippen LogP contribution in [0, 0.1) is 0 Å². The fourth-order valence-electron chi connectivity index (χ4n) is 4.37. The van der Waals surface area contributed by atoms with Gasteiger partial charge in [-0.2, -0.15) is 8.42 Å². The van der Waals surface area contributed by atoms with Crippen molar-refractivity contribution in [1.82, 2.24) is 19.9 Å². The minimum atomic E-state index is -3.65. The first-order chi connectivity index (χ1) is 17.4. The van der Waals surface area contributed by atoms with Gasteiger partial charge in [-0.3, -0.25) is 4.90 Å².